The molecule has 0 aromatic heterocycles. The van der Waals surface area contributed by atoms with Crippen molar-refractivity contribution < 1.29 is 19.2 Å². The van der Waals surface area contributed by atoms with E-state index in [2.05, 4.69) is 6.92 Å². The van der Waals surface area contributed by atoms with Crippen LogP contribution in [0.4, 0.5) is 4.39 Å². The van der Waals surface area contributed by atoms with Gasteiger partial charge in [0.2, 0.25) is 0 Å². The molecule has 1 aliphatic rings. The van der Waals surface area contributed by atoms with Gasteiger partial charge >= 0.3 is 7.12 Å². The second-order valence-electron chi connectivity index (χ2n) is 5.06. The molecule has 0 atom stereocenters. The van der Waals surface area contributed by atoms with Gasteiger partial charge in [-0.1, -0.05) is 13.0 Å². The first-order valence-electron chi connectivity index (χ1n) is 6.38. The van der Waals surface area contributed by atoms with Crippen molar-refractivity contribution in [3.05, 3.63) is 24.0 Å². The summed E-state index contributed by atoms with van der Waals surface area (Å²) in [4.78, 5) is 0. The van der Waals surface area contributed by atoms with Gasteiger partial charge in [-0.25, -0.2) is 4.39 Å². The Morgan fingerprint density at radius 1 is 1.22 bits per heavy atom. The average Bonchev–Trinajstić information content (AvgIpc) is 2.32. The summed E-state index contributed by atoms with van der Waals surface area (Å²) in [6.07, 6.45) is 4.41. The molecule has 0 radical (unpaired) electrons. The summed E-state index contributed by atoms with van der Waals surface area (Å²) in [7, 11) is -1.78. The maximum absolute atomic E-state index is 13.5. The Morgan fingerprint density at radius 2 is 1.89 bits per heavy atom. The third-order valence-corrected chi connectivity index (χ3v) is 3.52. The van der Waals surface area contributed by atoms with Gasteiger partial charge in [-0.15, -0.1) is 0 Å². The molecule has 0 heterocycles. The molecule has 0 bridgehead atoms. The molecule has 1 aromatic carbocycles. The Kier molecular flexibility index (Phi) is 4.25. The molecular weight excluding hydrogens is 234 g/mol. The molecule has 1 aliphatic carbocycles. The molecule has 18 heavy (non-hydrogen) atoms. The second kappa shape index (κ2) is 5.72. The fraction of sp³-hybridized carbons (Fsp3) is 0.538. The standard InChI is InChI=1S/C13H18BFO3/c1-9-2-4-10(5-3-9)18-11-6-7-12(14(16)17)13(15)8-11/h6-10,16-17H,2-5H2,1H3. The van der Waals surface area contributed by atoms with Gasteiger partial charge in [0.25, 0.3) is 0 Å². The molecule has 1 aromatic rings. The van der Waals surface area contributed by atoms with Gasteiger partial charge in [0.1, 0.15) is 11.6 Å². The second-order valence-corrected chi connectivity index (χ2v) is 5.06. The quantitative estimate of drug-likeness (QED) is 0.801. The van der Waals surface area contributed by atoms with E-state index >= 15 is 0 Å². The van der Waals surface area contributed by atoms with Crippen LogP contribution in [0.1, 0.15) is 32.6 Å². The lowest BCUT2D eigenvalue weighted by Gasteiger charge is -2.27. The highest BCUT2D eigenvalue weighted by Crippen LogP contribution is 2.27. The summed E-state index contributed by atoms with van der Waals surface area (Å²) in [5, 5.41) is 17.8. The van der Waals surface area contributed by atoms with E-state index in [9.17, 15) is 4.39 Å². The summed E-state index contributed by atoms with van der Waals surface area (Å²) in [5.74, 6) is 0.552. The van der Waals surface area contributed by atoms with Crippen LogP contribution in [-0.4, -0.2) is 23.3 Å². The smallest absolute Gasteiger partial charge is 0.490 e. The molecule has 5 heteroatoms. The number of hydrogen-bond donors (Lipinski definition) is 2. The number of ether oxygens (including phenoxy) is 1. The number of hydrogen-bond acceptors (Lipinski definition) is 3. The third kappa shape index (κ3) is 3.24. The van der Waals surface area contributed by atoms with E-state index < -0.39 is 12.9 Å². The Labute approximate surface area is 107 Å². The van der Waals surface area contributed by atoms with Crippen molar-refractivity contribution in [3.63, 3.8) is 0 Å². The maximum Gasteiger partial charge on any atom is 0.491 e. The van der Waals surface area contributed by atoms with E-state index in [0.29, 0.717) is 5.75 Å². The molecule has 1 saturated carbocycles. The molecule has 2 rings (SSSR count). The fourth-order valence-corrected chi connectivity index (χ4v) is 2.33. The van der Waals surface area contributed by atoms with E-state index in [0.717, 1.165) is 31.6 Å². The van der Waals surface area contributed by atoms with Crippen LogP contribution in [0.3, 0.4) is 0 Å². The Morgan fingerprint density at radius 3 is 2.44 bits per heavy atom. The molecule has 0 saturated heterocycles. The summed E-state index contributed by atoms with van der Waals surface area (Å²) in [5.41, 5.74) is -0.125. The van der Waals surface area contributed by atoms with Crippen molar-refractivity contribution in [1.29, 1.82) is 0 Å². The minimum absolute atomic E-state index is 0.125. The number of halogens is 1. The first-order valence-corrected chi connectivity index (χ1v) is 6.38. The van der Waals surface area contributed by atoms with Crippen molar-refractivity contribution in [2.45, 2.75) is 38.7 Å². The van der Waals surface area contributed by atoms with Gasteiger partial charge < -0.3 is 14.8 Å². The van der Waals surface area contributed by atoms with Crippen LogP contribution in [0.15, 0.2) is 18.2 Å². The topological polar surface area (TPSA) is 49.7 Å². The first-order chi connectivity index (χ1) is 8.56. The highest BCUT2D eigenvalue weighted by molar-refractivity contribution is 6.58. The summed E-state index contributed by atoms with van der Waals surface area (Å²) >= 11 is 0. The van der Waals surface area contributed by atoms with E-state index in [1.807, 2.05) is 0 Å². The summed E-state index contributed by atoms with van der Waals surface area (Å²) in [6.45, 7) is 2.23. The van der Waals surface area contributed by atoms with E-state index in [-0.39, 0.29) is 11.6 Å². The minimum Gasteiger partial charge on any atom is -0.490 e. The summed E-state index contributed by atoms with van der Waals surface area (Å²) < 4.78 is 19.2. The van der Waals surface area contributed by atoms with Gasteiger partial charge in [-0.3, -0.25) is 0 Å². The zero-order valence-electron chi connectivity index (χ0n) is 10.5. The molecule has 1 fully saturated rings. The van der Waals surface area contributed by atoms with Crippen molar-refractivity contribution in [1.82, 2.24) is 0 Å². The zero-order chi connectivity index (χ0) is 13.1. The normalized spacial score (nSPS) is 23.8. The van der Waals surface area contributed by atoms with Crippen LogP contribution in [0.25, 0.3) is 0 Å². The molecule has 0 unspecified atom stereocenters. The largest absolute Gasteiger partial charge is 0.491 e. The summed E-state index contributed by atoms with van der Waals surface area (Å²) in [6, 6.07) is 4.14. The van der Waals surface area contributed by atoms with Gasteiger partial charge in [0.05, 0.1) is 6.10 Å². The van der Waals surface area contributed by atoms with Gasteiger partial charge in [-0.05, 0) is 37.7 Å². The van der Waals surface area contributed by atoms with Crippen molar-refractivity contribution in [2.24, 2.45) is 5.92 Å². The fourth-order valence-electron chi connectivity index (χ4n) is 2.33. The molecular formula is C13H18BFO3. The van der Waals surface area contributed by atoms with E-state index in [1.165, 1.54) is 12.1 Å². The lowest BCUT2D eigenvalue weighted by Crippen LogP contribution is -2.32. The van der Waals surface area contributed by atoms with Crippen LogP contribution < -0.4 is 10.2 Å². The highest BCUT2D eigenvalue weighted by Gasteiger charge is 2.21. The molecule has 0 amide bonds. The lowest BCUT2D eigenvalue weighted by atomic mass is 9.80. The van der Waals surface area contributed by atoms with E-state index in [4.69, 9.17) is 14.8 Å². The van der Waals surface area contributed by atoms with E-state index in [1.54, 1.807) is 6.07 Å². The van der Waals surface area contributed by atoms with Crippen LogP contribution >= 0.6 is 0 Å². The number of rotatable bonds is 3. The molecule has 3 nitrogen and oxygen atoms in total. The Balaban J connectivity index is 2.00. The van der Waals surface area contributed by atoms with Gasteiger partial charge in [0, 0.05) is 11.5 Å². The number of benzene rings is 1. The van der Waals surface area contributed by atoms with Gasteiger partial charge in [0.15, 0.2) is 0 Å². The SMILES string of the molecule is CC1CCC(Oc2ccc(B(O)O)c(F)c2)CC1. The van der Waals surface area contributed by atoms with Crippen LogP contribution in [-0.2, 0) is 0 Å². The van der Waals surface area contributed by atoms with Crippen LogP contribution in [0, 0.1) is 11.7 Å². The monoisotopic (exact) mass is 252 g/mol. The Bertz CT molecular complexity index is 403. The van der Waals surface area contributed by atoms with Crippen LogP contribution in [0.5, 0.6) is 5.75 Å². The highest BCUT2D eigenvalue weighted by atomic mass is 19.1. The molecule has 98 valence electrons. The van der Waals surface area contributed by atoms with Crippen LogP contribution in [0.2, 0.25) is 0 Å². The third-order valence-electron chi connectivity index (χ3n) is 3.52. The first kappa shape index (κ1) is 13.4. The molecule has 0 aliphatic heterocycles. The van der Waals surface area contributed by atoms with Gasteiger partial charge in [-0.2, -0.15) is 0 Å². The average molecular weight is 252 g/mol. The van der Waals surface area contributed by atoms with Crippen molar-refractivity contribution >= 4 is 12.6 Å². The maximum atomic E-state index is 13.5. The zero-order valence-corrected chi connectivity index (χ0v) is 10.5. The minimum atomic E-state index is -1.78. The lowest BCUT2D eigenvalue weighted by molar-refractivity contribution is 0.135. The van der Waals surface area contributed by atoms with Crippen molar-refractivity contribution in [3.8, 4) is 5.75 Å². The Hall–Kier alpha value is -1.07. The predicted molar refractivity (Wildman–Crippen MR) is 68.3 cm³/mol. The predicted octanol–water partition coefficient (Wildman–Crippen LogP) is 1.46. The molecule has 2 N–H and O–H groups in total. The van der Waals surface area contributed by atoms with Crippen molar-refractivity contribution in [2.75, 3.05) is 0 Å². The molecule has 0 spiro atoms.